The number of nitrogens with one attached hydrogen (secondary N) is 1. The van der Waals surface area contributed by atoms with Gasteiger partial charge in [0.05, 0.1) is 89.1 Å². The number of methoxy groups -OCH3 is 3. The van der Waals surface area contributed by atoms with Crippen LogP contribution in [0.5, 0.6) is 17.2 Å². The van der Waals surface area contributed by atoms with Crippen molar-refractivity contribution in [2.45, 2.75) is 76.9 Å². The number of amides is 2. The number of anilines is 3. The number of aliphatic carboxylic acids is 1. The molecule has 4 N–H and O–H groups in total. The van der Waals surface area contributed by atoms with Crippen LogP contribution in [0.1, 0.15) is 87.0 Å². The molecule has 0 aliphatic carbocycles. The molecule has 2 amide bonds. The van der Waals surface area contributed by atoms with E-state index in [1.165, 1.54) is 7.11 Å². The average molecular weight is 1470 g/mol. The maximum absolute atomic E-state index is 13.0. The van der Waals surface area contributed by atoms with Crippen LogP contribution in [0.4, 0.5) is 17.1 Å². The molecule has 14 rings (SSSR count). The standard InChI is InChI=1S/C30H34N6O4.C26H27N5O3.C25H33N5O2S/c1-39-26-12-11-22-8-6-14-31-29(22)30(26)35-16-7-15-34(18-19-35)25(20-27(37)32-21-28(38)40-2)24-13-17-36(33-24)23-9-4-3-5-10-23;32-25(33)19-34-23-16-20-6-4-10-27-26(20)24(17-23)30-12-5-11-29(14-15-30)18-21-9-13-31(28-21)22-7-2-1-3-8-22;1-25(2,3)24-28-18(16-33-24)19(15-21(26)31)29-11-6-12-30(14-13-29)23-20(32-4)9-8-17-7-5-10-27-22(17)23/h3-6,8-14,17,25H,7,15-16,18-21H2,1-2H3,(H,32,37);1-4,6-10,13,16-17H,5,11-12,14-15,18-19H2,(H,32,33);5,7-10,16,19H,6,11-15H2,1-4H3,(H2,26,31). The Kier molecular flexibility index (Phi) is 25.3. The fraction of sp³-hybridized carbons (Fsp3) is 0.358. The number of fused-ring (bicyclic) bond motifs is 3. The van der Waals surface area contributed by atoms with Crippen LogP contribution in [0, 0.1) is 0 Å². The summed E-state index contributed by atoms with van der Waals surface area (Å²) in [4.78, 5) is 80.5. The number of nitrogens with two attached hydrogens (primary N) is 1. The first-order valence-electron chi connectivity index (χ1n) is 36.3. The zero-order chi connectivity index (χ0) is 74.8. The number of thiazole rings is 1. The number of rotatable bonds is 22. The lowest BCUT2D eigenvalue weighted by Crippen LogP contribution is -2.38. The number of pyridine rings is 3. The largest absolute Gasteiger partial charge is 0.494 e. The maximum Gasteiger partial charge on any atom is 0.341 e. The monoisotopic (exact) mass is 1470 g/mol. The summed E-state index contributed by atoms with van der Waals surface area (Å²) in [5.41, 5.74) is 16.2. The molecule has 3 fully saturated rings. The molecule has 2 unspecified atom stereocenters. The molecule has 9 heterocycles. The van der Waals surface area contributed by atoms with E-state index in [0.29, 0.717) is 12.3 Å². The van der Waals surface area contributed by atoms with Crippen LogP contribution in [-0.4, -0.2) is 196 Å². The van der Waals surface area contributed by atoms with Gasteiger partial charge in [0.2, 0.25) is 11.8 Å². The Morgan fingerprint density at radius 2 is 1.12 bits per heavy atom. The van der Waals surface area contributed by atoms with Gasteiger partial charge in [-0.1, -0.05) is 75.4 Å². The van der Waals surface area contributed by atoms with Crippen molar-refractivity contribution in [2.75, 3.05) is 128 Å². The third-order valence-electron chi connectivity index (χ3n) is 19.3. The molecule has 0 saturated carbocycles. The van der Waals surface area contributed by atoms with Gasteiger partial charge < -0.3 is 49.8 Å². The molecule has 11 aromatic rings. The second kappa shape index (κ2) is 35.8. The molecule has 107 heavy (non-hydrogen) atoms. The molecule has 6 aromatic heterocycles. The van der Waals surface area contributed by atoms with Crippen LogP contribution >= 0.6 is 11.3 Å². The summed E-state index contributed by atoms with van der Waals surface area (Å²) in [7, 11) is 4.69. The number of carboxylic acids is 1. The minimum atomic E-state index is -0.993. The second-order valence-corrected chi connectivity index (χ2v) is 28.5. The molecule has 3 saturated heterocycles. The summed E-state index contributed by atoms with van der Waals surface area (Å²) in [6.45, 7) is 16.8. The van der Waals surface area contributed by atoms with Crippen molar-refractivity contribution < 1.29 is 43.2 Å². The quantitative estimate of drug-likeness (QED) is 0.0532. The van der Waals surface area contributed by atoms with Crippen LogP contribution in [0.3, 0.4) is 0 Å². The van der Waals surface area contributed by atoms with Gasteiger partial charge in [0, 0.05) is 162 Å². The van der Waals surface area contributed by atoms with Gasteiger partial charge in [-0.25, -0.2) is 19.1 Å². The van der Waals surface area contributed by atoms with Crippen LogP contribution in [0.15, 0.2) is 182 Å². The number of ether oxygens (including phenoxy) is 4. The molecule has 3 aliphatic heterocycles. The summed E-state index contributed by atoms with van der Waals surface area (Å²) < 4.78 is 25.4. The van der Waals surface area contributed by atoms with E-state index in [9.17, 15) is 19.2 Å². The number of primary amides is 1. The Bertz CT molecular complexity index is 4800. The Morgan fingerprint density at radius 1 is 0.570 bits per heavy atom. The van der Waals surface area contributed by atoms with Gasteiger partial charge in [-0.15, -0.1) is 11.3 Å². The minimum absolute atomic E-state index is 0.0201. The predicted molar refractivity (Wildman–Crippen MR) is 417 cm³/mol. The van der Waals surface area contributed by atoms with Crippen molar-refractivity contribution in [3.8, 4) is 28.6 Å². The molecule has 3 aliphatic rings. The van der Waals surface area contributed by atoms with E-state index in [-0.39, 0.29) is 55.3 Å². The highest BCUT2D eigenvalue weighted by atomic mass is 32.1. The number of hydrogen-bond donors (Lipinski definition) is 3. The van der Waals surface area contributed by atoms with Crippen LogP contribution in [0.25, 0.3) is 44.1 Å². The summed E-state index contributed by atoms with van der Waals surface area (Å²) in [5.74, 6) is 0.161. The van der Waals surface area contributed by atoms with Gasteiger partial charge in [-0.05, 0) is 104 Å². The second-order valence-electron chi connectivity index (χ2n) is 27.6. The first-order valence-corrected chi connectivity index (χ1v) is 37.2. The van der Waals surface area contributed by atoms with Crippen molar-refractivity contribution in [3.05, 3.63) is 204 Å². The number of hydrogen-bond acceptors (Lipinski definition) is 21. The Balaban J connectivity index is 0.000000151. The first-order chi connectivity index (χ1) is 52.0. The topological polar surface area (TPSA) is 270 Å². The fourth-order valence-electron chi connectivity index (χ4n) is 14.0. The number of para-hydroxylation sites is 2. The van der Waals surface area contributed by atoms with Crippen molar-refractivity contribution >= 4 is 84.9 Å². The molecule has 0 radical (unpaired) electrons. The molecule has 558 valence electrons. The third kappa shape index (κ3) is 19.3. The summed E-state index contributed by atoms with van der Waals surface area (Å²) in [6, 6.07) is 47.4. The lowest BCUT2D eigenvalue weighted by atomic mass is 9.98. The van der Waals surface area contributed by atoms with Gasteiger partial charge in [-0.2, -0.15) is 10.2 Å². The molecular formula is C81H94N16O9S. The highest BCUT2D eigenvalue weighted by molar-refractivity contribution is 7.09. The Morgan fingerprint density at radius 3 is 1.69 bits per heavy atom. The highest BCUT2D eigenvalue weighted by Crippen LogP contribution is 2.40. The van der Waals surface area contributed by atoms with Crippen LogP contribution in [0.2, 0.25) is 0 Å². The number of benzene rings is 5. The molecule has 26 heteroatoms. The van der Waals surface area contributed by atoms with E-state index < -0.39 is 11.9 Å². The van der Waals surface area contributed by atoms with Crippen molar-refractivity contribution in [2.24, 2.45) is 5.73 Å². The SMILES string of the molecule is COC(=O)CNC(=O)CC(c1ccn(-c2ccccc2)n1)N1CCCN(c2c(OC)ccc3cccnc23)CC1.COc1ccc2cccnc2c1N1CCCN(C(CC(N)=O)c2csc(C(C)(C)C)n2)CC1.O=C(O)COc1cc(N2CCCN(Cc3ccn(-c4ccccc4)n3)CC2)c2ncccc2c1. The van der Waals surface area contributed by atoms with E-state index in [1.807, 2.05) is 155 Å². The minimum Gasteiger partial charge on any atom is -0.494 e. The summed E-state index contributed by atoms with van der Waals surface area (Å²) >= 11 is 1.66. The van der Waals surface area contributed by atoms with E-state index in [2.05, 4.69) is 98.8 Å². The molecule has 2 atom stereocenters. The zero-order valence-electron chi connectivity index (χ0n) is 61.6. The van der Waals surface area contributed by atoms with E-state index in [1.54, 1.807) is 38.0 Å². The van der Waals surface area contributed by atoms with Gasteiger partial charge >= 0.3 is 11.9 Å². The maximum atomic E-state index is 13.0. The lowest BCUT2D eigenvalue weighted by Gasteiger charge is -2.30. The molecular weight excluding hydrogens is 1370 g/mol. The number of nitrogens with zero attached hydrogens (tertiary/aromatic N) is 14. The molecule has 5 aromatic carbocycles. The number of carbonyl (C=O) groups is 4. The Labute approximate surface area is 627 Å². The van der Waals surface area contributed by atoms with E-state index in [0.717, 1.165) is 193 Å². The fourth-order valence-corrected chi connectivity index (χ4v) is 15.0. The van der Waals surface area contributed by atoms with Gasteiger partial charge in [0.15, 0.2) is 6.61 Å². The molecule has 0 bridgehead atoms. The molecule has 25 nitrogen and oxygen atoms in total. The van der Waals surface area contributed by atoms with Gasteiger partial charge in [0.25, 0.3) is 0 Å². The Hall–Kier alpha value is -11.1. The molecule has 0 spiro atoms. The number of esters is 1. The first kappa shape index (κ1) is 75.6. The van der Waals surface area contributed by atoms with Crippen LogP contribution < -0.4 is 40.0 Å². The summed E-state index contributed by atoms with van der Waals surface area (Å²) in [5, 5.41) is 27.6. The number of carbonyl (C=O) groups excluding carboxylic acids is 3. The number of carboxylic acid groups (broad SMARTS) is 1. The third-order valence-corrected chi connectivity index (χ3v) is 20.6. The number of aromatic nitrogens is 8. The van der Waals surface area contributed by atoms with Gasteiger partial charge in [0.1, 0.15) is 35.2 Å². The lowest BCUT2D eigenvalue weighted by molar-refractivity contribution is -0.141. The van der Waals surface area contributed by atoms with Crippen molar-refractivity contribution in [3.63, 3.8) is 0 Å². The zero-order valence-corrected chi connectivity index (χ0v) is 62.4. The predicted octanol–water partition coefficient (Wildman–Crippen LogP) is 11.1. The van der Waals surface area contributed by atoms with Crippen molar-refractivity contribution in [1.82, 2.24) is 59.5 Å². The smallest absolute Gasteiger partial charge is 0.341 e. The van der Waals surface area contributed by atoms with E-state index >= 15 is 0 Å². The van der Waals surface area contributed by atoms with E-state index in [4.69, 9.17) is 40.2 Å². The van der Waals surface area contributed by atoms with Crippen LogP contribution in [-0.2, 0) is 35.9 Å². The highest BCUT2D eigenvalue weighted by Gasteiger charge is 2.33. The summed E-state index contributed by atoms with van der Waals surface area (Å²) in [6.07, 6.45) is 12.6. The van der Waals surface area contributed by atoms with Crippen molar-refractivity contribution in [1.29, 1.82) is 0 Å². The average Bonchev–Trinajstić information content (AvgIpc) is 0.894. The normalized spacial score (nSPS) is 15.4. The van der Waals surface area contributed by atoms with Gasteiger partial charge in [-0.3, -0.25) is 44.0 Å².